The molecule has 1 aromatic carbocycles. The molecule has 0 spiro atoms. The van der Waals surface area contributed by atoms with E-state index in [0.29, 0.717) is 12.8 Å². The van der Waals surface area contributed by atoms with Crippen LogP contribution in [0.25, 0.3) is 0 Å². The summed E-state index contributed by atoms with van der Waals surface area (Å²) in [6.07, 6.45) is 0.788. The van der Waals surface area contributed by atoms with Crippen molar-refractivity contribution in [1.29, 1.82) is 0 Å². The molecule has 5 heteroatoms. The van der Waals surface area contributed by atoms with Gasteiger partial charge in [-0.15, -0.1) is 0 Å². The Hall–Kier alpha value is -1.07. The Kier molecular flexibility index (Phi) is 4.16. The van der Waals surface area contributed by atoms with Crippen molar-refractivity contribution in [3.8, 4) is 0 Å². The van der Waals surface area contributed by atoms with Crippen LogP contribution in [0.2, 0.25) is 0 Å². The van der Waals surface area contributed by atoms with Crippen LogP contribution in [0.3, 0.4) is 0 Å². The number of halogens is 1. The van der Waals surface area contributed by atoms with E-state index in [0.717, 1.165) is 10.2 Å². The number of hydrogen-bond acceptors (Lipinski definition) is 3. The highest BCUT2D eigenvalue weighted by molar-refractivity contribution is 9.10. The number of rotatable bonds is 3. The van der Waals surface area contributed by atoms with Gasteiger partial charge < -0.3 is 15.2 Å². The summed E-state index contributed by atoms with van der Waals surface area (Å²) in [6, 6.07) is 7.53. The molecule has 19 heavy (non-hydrogen) atoms. The number of carboxylic acid groups (broad SMARTS) is 1. The second-order valence-electron chi connectivity index (χ2n) is 5.18. The average molecular weight is 328 g/mol. The normalized spacial score (nSPS) is 30.9. The smallest absolute Gasteiger partial charge is 0.329 e. The van der Waals surface area contributed by atoms with Crippen LogP contribution in [0.4, 0.5) is 5.69 Å². The van der Waals surface area contributed by atoms with Crippen molar-refractivity contribution in [3.05, 3.63) is 28.7 Å². The van der Waals surface area contributed by atoms with Gasteiger partial charge >= 0.3 is 5.97 Å². The zero-order valence-electron chi connectivity index (χ0n) is 11.0. The molecular weight excluding hydrogens is 310 g/mol. The molecule has 4 nitrogen and oxygen atoms in total. The number of hydrogen-bond donors (Lipinski definition) is 2. The molecule has 1 aliphatic rings. The summed E-state index contributed by atoms with van der Waals surface area (Å²) in [7, 11) is 0. The molecule has 0 radical (unpaired) electrons. The van der Waals surface area contributed by atoms with E-state index in [4.69, 9.17) is 4.74 Å². The number of anilines is 1. The van der Waals surface area contributed by atoms with Crippen molar-refractivity contribution in [2.75, 3.05) is 5.32 Å². The van der Waals surface area contributed by atoms with Gasteiger partial charge in [0.1, 0.15) is 5.54 Å². The Morgan fingerprint density at radius 2 is 1.84 bits per heavy atom. The lowest BCUT2D eigenvalue weighted by Gasteiger charge is -2.40. The molecular formula is C14H18BrNO3. The Balaban J connectivity index is 2.24. The summed E-state index contributed by atoms with van der Waals surface area (Å²) in [5.41, 5.74) is -0.142. The second-order valence-corrected chi connectivity index (χ2v) is 6.10. The Bertz CT molecular complexity index is 450. The first-order valence-electron chi connectivity index (χ1n) is 6.34. The van der Waals surface area contributed by atoms with Crippen molar-refractivity contribution in [2.24, 2.45) is 0 Å². The van der Waals surface area contributed by atoms with E-state index in [9.17, 15) is 9.90 Å². The van der Waals surface area contributed by atoms with Crippen LogP contribution < -0.4 is 5.32 Å². The van der Waals surface area contributed by atoms with Gasteiger partial charge in [0.25, 0.3) is 0 Å². The molecule has 1 saturated heterocycles. The van der Waals surface area contributed by atoms with Crippen LogP contribution in [-0.2, 0) is 9.53 Å². The summed E-state index contributed by atoms with van der Waals surface area (Å²) < 4.78 is 6.61. The van der Waals surface area contributed by atoms with Crippen molar-refractivity contribution in [3.63, 3.8) is 0 Å². The SMILES string of the molecule is CC1CC(Nc2ccc(Br)cc2)(C(=O)O)CC(C)O1. The van der Waals surface area contributed by atoms with Gasteiger partial charge in [-0.05, 0) is 38.1 Å². The van der Waals surface area contributed by atoms with Crippen molar-refractivity contribution in [1.82, 2.24) is 0 Å². The van der Waals surface area contributed by atoms with Gasteiger partial charge in [-0.2, -0.15) is 0 Å². The molecule has 0 saturated carbocycles. The predicted octanol–water partition coefficient (Wildman–Crippen LogP) is 3.27. The van der Waals surface area contributed by atoms with Gasteiger partial charge in [-0.1, -0.05) is 15.9 Å². The fourth-order valence-electron chi connectivity index (χ4n) is 2.70. The number of carbonyl (C=O) groups is 1. The number of ether oxygens (including phenoxy) is 1. The lowest BCUT2D eigenvalue weighted by Crippen LogP contribution is -2.54. The summed E-state index contributed by atoms with van der Waals surface area (Å²) >= 11 is 3.37. The van der Waals surface area contributed by atoms with Crippen LogP contribution >= 0.6 is 15.9 Å². The van der Waals surface area contributed by atoms with Crippen LogP contribution in [0, 0.1) is 0 Å². The standard InChI is InChI=1S/C14H18BrNO3/c1-9-7-14(13(17)18,8-10(2)19-9)16-12-5-3-11(15)4-6-12/h3-6,9-10,16H,7-8H2,1-2H3,(H,17,18). The Labute approximate surface area is 121 Å². The predicted molar refractivity (Wildman–Crippen MR) is 77.4 cm³/mol. The van der Waals surface area contributed by atoms with Crippen LogP contribution in [0.1, 0.15) is 26.7 Å². The van der Waals surface area contributed by atoms with E-state index in [2.05, 4.69) is 21.2 Å². The minimum atomic E-state index is -0.953. The maximum absolute atomic E-state index is 11.7. The number of carboxylic acids is 1. The molecule has 2 unspecified atom stereocenters. The largest absolute Gasteiger partial charge is 0.480 e. The molecule has 1 aromatic rings. The van der Waals surface area contributed by atoms with E-state index in [-0.39, 0.29) is 12.2 Å². The Morgan fingerprint density at radius 3 is 2.32 bits per heavy atom. The highest BCUT2D eigenvalue weighted by Crippen LogP contribution is 2.32. The first-order chi connectivity index (χ1) is 8.91. The number of nitrogens with one attached hydrogen (secondary N) is 1. The molecule has 1 aliphatic heterocycles. The average Bonchev–Trinajstić information content (AvgIpc) is 2.30. The van der Waals surface area contributed by atoms with Crippen LogP contribution in [-0.4, -0.2) is 28.8 Å². The molecule has 0 aliphatic carbocycles. The first-order valence-corrected chi connectivity index (χ1v) is 7.13. The summed E-state index contributed by atoms with van der Waals surface area (Å²) in [5, 5.41) is 12.8. The monoisotopic (exact) mass is 327 g/mol. The van der Waals surface area contributed by atoms with E-state index >= 15 is 0 Å². The molecule has 0 bridgehead atoms. The van der Waals surface area contributed by atoms with Crippen LogP contribution in [0.15, 0.2) is 28.7 Å². The van der Waals surface area contributed by atoms with Gasteiger partial charge in [-0.25, -0.2) is 4.79 Å². The van der Waals surface area contributed by atoms with E-state index in [1.165, 1.54) is 0 Å². The maximum Gasteiger partial charge on any atom is 0.329 e. The molecule has 1 fully saturated rings. The lowest BCUT2D eigenvalue weighted by atomic mass is 9.84. The second kappa shape index (κ2) is 5.51. The molecule has 2 N–H and O–H groups in total. The fourth-order valence-corrected chi connectivity index (χ4v) is 2.96. The highest BCUT2D eigenvalue weighted by atomic mass is 79.9. The maximum atomic E-state index is 11.7. The molecule has 2 atom stereocenters. The third-order valence-corrected chi connectivity index (χ3v) is 3.90. The third kappa shape index (κ3) is 3.28. The highest BCUT2D eigenvalue weighted by Gasteiger charge is 2.45. The summed E-state index contributed by atoms with van der Waals surface area (Å²) in [4.78, 5) is 11.7. The molecule has 104 valence electrons. The zero-order valence-corrected chi connectivity index (χ0v) is 12.6. The minimum Gasteiger partial charge on any atom is -0.480 e. The minimum absolute atomic E-state index is 0.0669. The fraction of sp³-hybridized carbons (Fsp3) is 0.500. The first kappa shape index (κ1) is 14.3. The van der Waals surface area contributed by atoms with E-state index in [1.54, 1.807) is 0 Å². The van der Waals surface area contributed by atoms with Crippen LogP contribution in [0.5, 0.6) is 0 Å². The third-order valence-electron chi connectivity index (χ3n) is 3.37. The topological polar surface area (TPSA) is 58.6 Å². The summed E-state index contributed by atoms with van der Waals surface area (Å²) in [6.45, 7) is 3.83. The lowest BCUT2D eigenvalue weighted by molar-refractivity contribution is -0.151. The van der Waals surface area contributed by atoms with Gasteiger partial charge in [0.05, 0.1) is 12.2 Å². The number of aliphatic carboxylic acids is 1. The van der Waals surface area contributed by atoms with Crippen molar-refractivity contribution in [2.45, 2.75) is 44.4 Å². The molecule has 0 amide bonds. The molecule has 2 rings (SSSR count). The van der Waals surface area contributed by atoms with Gasteiger partial charge in [0.15, 0.2) is 0 Å². The van der Waals surface area contributed by atoms with Crippen molar-refractivity contribution < 1.29 is 14.6 Å². The van der Waals surface area contributed by atoms with E-state index in [1.807, 2.05) is 38.1 Å². The van der Waals surface area contributed by atoms with E-state index < -0.39 is 11.5 Å². The van der Waals surface area contributed by atoms with Gasteiger partial charge in [-0.3, -0.25) is 0 Å². The zero-order chi connectivity index (χ0) is 14.0. The molecule has 1 heterocycles. The quantitative estimate of drug-likeness (QED) is 0.894. The number of benzene rings is 1. The summed E-state index contributed by atoms with van der Waals surface area (Å²) in [5.74, 6) is -0.822. The van der Waals surface area contributed by atoms with Crippen molar-refractivity contribution >= 4 is 27.6 Å². The molecule has 0 aromatic heterocycles. The van der Waals surface area contributed by atoms with Gasteiger partial charge in [0, 0.05) is 23.0 Å². The van der Waals surface area contributed by atoms with Gasteiger partial charge in [0.2, 0.25) is 0 Å². The Morgan fingerprint density at radius 1 is 1.32 bits per heavy atom.